The molecule has 0 aromatic rings. The molecule has 0 rings (SSSR count). The van der Waals surface area contributed by atoms with Crippen molar-refractivity contribution in [1.82, 2.24) is 0 Å². The summed E-state index contributed by atoms with van der Waals surface area (Å²) in [7, 11) is 0. The first kappa shape index (κ1) is 11.2. The van der Waals surface area contributed by atoms with Crippen LogP contribution >= 0.6 is 0 Å². The van der Waals surface area contributed by atoms with Gasteiger partial charge in [0.15, 0.2) is 0 Å². The molecule has 0 atom stereocenters. The minimum Gasteiger partial charge on any atom is -0.288 e. The summed E-state index contributed by atoms with van der Waals surface area (Å²) in [5.74, 6) is 0. The maximum Gasteiger partial charge on any atom is 0.522 e. The molecule has 0 spiro atoms. The second-order valence-corrected chi connectivity index (χ2v) is 2.19. The van der Waals surface area contributed by atoms with Gasteiger partial charge in [-0.2, -0.15) is 0 Å². The van der Waals surface area contributed by atoms with E-state index in [-0.39, 0.29) is 0 Å². The summed E-state index contributed by atoms with van der Waals surface area (Å²) in [6.07, 6.45) is 0.160. The average molecular weight is 180 g/mol. The van der Waals surface area contributed by atoms with E-state index in [1.807, 2.05) is 6.92 Å². The van der Waals surface area contributed by atoms with Gasteiger partial charge in [-0.25, -0.2) is 0 Å². The molecular weight excluding hydrogens is 169 g/mol. The van der Waals surface area contributed by atoms with E-state index >= 15 is 0 Å². The number of hydrogen-bond donors (Lipinski definition) is 0. The van der Waals surface area contributed by atoms with E-state index < -0.39 is 13.0 Å². The first-order chi connectivity index (χ1) is 5.45. The SMILES string of the molecule is C/C=C(C)\C=C/COC(F)(F)F. The van der Waals surface area contributed by atoms with Gasteiger partial charge in [0.1, 0.15) is 0 Å². The lowest BCUT2D eigenvalue weighted by Gasteiger charge is -2.03. The lowest BCUT2D eigenvalue weighted by atomic mass is 10.3. The zero-order chi connectivity index (χ0) is 9.61. The minimum atomic E-state index is -4.53. The van der Waals surface area contributed by atoms with Crippen LogP contribution in [-0.4, -0.2) is 13.0 Å². The third-order valence-electron chi connectivity index (χ3n) is 1.18. The summed E-state index contributed by atoms with van der Waals surface area (Å²) in [5.41, 5.74) is 0.903. The van der Waals surface area contributed by atoms with E-state index in [4.69, 9.17) is 0 Å². The summed E-state index contributed by atoms with van der Waals surface area (Å²) in [4.78, 5) is 0. The largest absolute Gasteiger partial charge is 0.522 e. The Morgan fingerprint density at radius 2 is 2.00 bits per heavy atom. The van der Waals surface area contributed by atoms with Crippen molar-refractivity contribution in [2.75, 3.05) is 6.61 Å². The number of rotatable bonds is 3. The molecule has 0 aliphatic carbocycles. The van der Waals surface area contributed by atoms with Crippen molar-refractivity contribution >= 4 is 0 Å². The van der Waals surface area contributed by atoms with E-state index in [9.17, 15) is 13.2 Å². The quantitative estimate of drug-likeness (QED) is 0.606. The Kier molecular flexibility index (Phi) is 4.66. The van der Waals surface area contributed by atoms with Crippen molar-refractivity contribution < 1.29 is 17.9 Å². The molecule has 0 radical (unpaired) electrons. The molecule has 0 saturated heterocycles. The van der Waals surface area contributed by atoms with Crippen LogP contribution in [-0.2, 0) is 4.74 Å². The molecular formula is C8H11F3O. The average Bonchev–Trinajstić information content (AvgIpc) is 1.96. The van der Waals surface area contributed by atoms with E-state index in [1.165, 1.54) is 6.08 Å². The Bertz CT molecular complexity index is 179. The van der Waals surface area contributed by atoms with Gasteiger partial charge in [0.2, 0.25) is 0 Å². The highest BCUT2D eigenvalue weighted by atomic mass is 19.4. The van der Waals surface area contributed by atoms with E-state index in [1.54, 1.807) is 19.1 Å². The summed E-state index contributed by atoms with van der Waals surface area (Å²) >= 11 is 0. The molecule has 0 aromatic heterocycles. The minimum absolute atomic E-state index is 0.436. The first-order valence-corrected chi connectivity index (χ1v) is 3.46. The van der Waals surface area contributed by atoms with Crippen molar-refractivity contribution in [2.24, 2.45) is 0 Å². The van der Waals surface area contributed by atoms with E-state index in [0.29, 0.717) is 0 Å². The van der Waals surface area contributed by atoms with Gasteiger partial charge < -0.3 is 0 Å². The van der Waals surface area contributed by atoms with Crippen LogP contribution in [0.4, 0.5) is 13.2 Å². The van der Waals surface area contributed by atoms with Gasteiger partial charge in [-0.15, -0.1) is 13.2 Å². The molecule has 0 N–H and O–H groups in total. The standard InChI is InChI=1S/C8H11F3O/c1-3-7(2)5-4-6-12-8(9,10)11/h3-5H,6H2,1-2H3/b5-4-,7-3-. The topological polar surface area (TPSA) is 9.23 Å². The Morgan fingerprint density at radius 3 is 2.42 bits per heavy atom. The van der Waals surface area contributed by atoms with Crippen LogP contribution < -0.4 is 0 Å². The molecule has 4 heteroatoms. The van der Waals surface area contributed by atoms with Gasteiger partial charge in [-0.1, -0.05) is 23.8 Å². The van der Waals surface area contributed by atoms with Crippen LogP contribution in [0.1, 0.15) is 13.8 Å². The number of halogens is 3. The van der Waals surface area contributed by atoms with E-state index in [2.05, 4.69) is 4.74 Å². The summed E-state index contributed by atoms with van der Waals surface area (Å²) in [6, 6.07) is 0. The number of hydrogen-bond acceptors (Lipinski definition) is 1. The zero-order valence-corrected chi connectivity index (χ0v) is 6.98. The van der Waals surface area contributed by atoms with Crippen molar-refractivity contribution in [3.63, 3.8) is 0 Å². The first-order valence-electron chi connectivity index (χ1n) is 3.46. The second-order valence-electron chi connectivity index (χ2n) is 2.19. The Balaban J connectivity index is 3.64. The summed E-state index contributed by atoms with van der Waals surface area (Å²) in [6.45, 7) is 3.17. The number of allylic oxidation sites excluding steroid dienone is 3. The fourth-order valence-electron chi connectivity index (χ4n) is 0.473. The smallest absolute Gasteiger partial charge is 0.288 e. The second kappa shape index (κ2) is 4.98. The van der Waals surface area contributed by atoms with E-state index in [0.717, 1.165) is 5.57 Å². The van der Waals surface area contributed by atoms with Gasteiger partial charge in [-0.05, 0) is 13.8 Å². The Labute approximate surface area is 69.5 Å². The number of alkyl halides is 3. The Hall–Kier alpha value is -0.770. The molecule has 0 aliphatic heterocycles. The van der Waals surface area contributed by atoms with Crippen molar-refractivity contribution in [3.05, 3.63) is 23.8 Å². The lowest BCUT2D eigenvalue weighted by molar-refractivity contribution is -0.319. The molecule has 70 valence electrons. The van der Waals surface area contributed by atoms with Crippen molar-refractivity contribution in [2.45, 2.75) is 20.2 Å². The van der Waals surface area contributed by atoms with Gasteiger partial charge >= 0.3 is 6.36 Å². The fraction of sp³-hybridized carbons (Fsp3) is 0.500. The predicted octanol–water partition coefficient (Wildman–Crippen LogP) is 3.05. The summed E-state index contributed by atoms with van der Waals surface area (Å²) in [5, 5.41) is 0. The highest BCUT2D eigenvalue weighted by Crippen LogP contribution is 2.15. The van der Waals surface area contributed by atoms with Crippen LogP contribution in [0.25, 0.3) is 0 Å². The van der Waals surface area contributed by atoms with Gasteiger partial charge in [0.25, 0.3) is 0 Å². The van der Waals surface area contributed by atoms with Crippen LogP contribution in [0, 0.1) is 0 Å². The lowest BCUT2D eigenvalue weighted by Crippen LogP contribution is -2.12. The fourth-order valence-corrected chi connectivity index (χ4v) is 0.473. The Morgan fingerprint density at radius 1 is 1.42 bits per heavy atom. The number of ether oxygens (including phenoxy) is 1. The molecule has 0 aromatic carbocycles. The molecule has 0 heterocycles. The third kappa shape index (κ3) is 7.34. The molecule has 0 fully saturated rings. The molecule has 0 aliphatic rings. The highest BCUT2D eigenvalue weighted by Gasteiger charge is 2.27. The third-order valence-corrected chi connectivity index (χ3v) is 1.18. The summed E-state index contributed by atoms with van der Waals surface area (Å²) < 4.78 is 37.7. The van der Waals surface area contributed by atoms with Crippen LogP contribution in [0.3, 0.4) is 0 Å². The maximum atomic E-state index is 11.4. The van der Waals surface area contributed by atoms with Crippen LogP contribution in [0.15, 0.2) is 23.8 Å². The normalized spacial score (nSPS) is 14.2. The molecule has 1 nitrogen and oxygen atoms in total. The zero-order valence-electron chi connectivity index (χ0n) is 6.98. The monoisotopic (exact) mass is 180 g/mol. The predicted molar refractivity (Wildman–Crippen MR) is 40.6 cm³/mol. The van der Waals surface area contributed by atoms with Crippen molar-refractivity contribution in [3.8, 4) is 0 Å². The molecule has 0 saturated carbocycles. The highest BCUT2D eigenvalue weighted by molar-refractivity contribution is 5.14. The molecule has 0 amide bonds. The van der Waals surface area contributed by atoms with Crippen LogP contribution in [0.2, 0.25) is 0 Å². The maximum absolute atomic E-state index is 11.4. The van der Waals surface area contributed by atoms with Gasteiger partial charge in [0.05, 0.1) is 6.61 Å². The van der Waals surface area contributed by atoms with Gasteiger partial charge in [0, 0.05) is 0 Å². The van der Waals surface area contributed by atoms with Crippen LogP contribution in [0.5, 0.6) is 0 Å². The molecule has 0 bridgehead atoms. The van der Waals surface area contributed by atoms with Gasteiger partial charge in [-0.3, -0.25) is 4.74 Å². The van der Waals surface area contributed by atoms with Crippen molar-refractivity contribution in [1.29, 1.82) is 0 Å². The molecule has 0 unspecified atom stereocenters. The molecule has 12 heavy (non-hydrogen) atoms.